The van der Waals surface area contributed by atoms with Crippen LogP contribution in [0.2, 0.25) is 0 Å². The second-order valence-corrected chi connectivity index (χ2v) is 7.14. The molecule has 1 N–H and O–H groups in total. The minimum Gasteiger partial charge on any atom is -0.375 e. The molecule has 2 nitrogen and oxygen atoms in total. The lowest BCUT2D eigenvalue weighted by molar-refractivity contribution is 0.0465. The zero-order valence-electron chi connectivity index (χ0n) is 12.1. The molecular formula is C17H24BrNO. The van der Waals surface area contributed by atoms with Crippen molar-refractivity contribution >= 4 is 15.9 Å². The monoisotopic (exact) mass is 337 g/mol. The fourth-order valence-corrected chi connectivity index (χ4v) is 3.71. The topological polar surface area (TPSA) is 21.3 Å². The lowest BCUT2D eigenvalue weighted by atomic mass is 9.92. The third kappa shape index (κ3) is 3.84. The summed E-state index contributed by atoms with van der Waals surface area (Å²) < 4.78 is 7.26. The second kappa shape index (κ2) is 6.59. The Bertz CT molecular complexity index is 446. The van der Waals surface area contributed by atoms with Crippen molar-refractivity contribution in [3.63, 3.8) is 0 Å². The maximum Gasteiger partial charge on any atom is 0.0586 e. The predicted molar refractivity (Wildman–Crippen MR) is 86.1 cm³/mol. The summed E-state index contributed by atoms with van der Waals surface area (Å²) in [7, 11) is 0. The van der Waals surface area contributed by atoms with E-state index in [1.54, 1.807) is 0 Å². The van der Waals surface area contributed by atoms with Gasteiger partial charge < -0.3 is 10.1 Å². The van der Waals surface area contributed by atoms with Crippen molar-refractivity contribution in [2.24, 2.45) is 0 Å². The molecule has 0 bridgehead atoms. The van der Waals surface area contributed by atoms with Crippen molar-refractivity contribution in [3.05, 3.63) is 34.3 Å². The van der Waals surface area contributed by atoms with Gasteiger partial charge in [-0.3, -0.25) is 0 Å². The van der Waals surface area contributed by atoms with Crippen molar-refractivity contribution in [3.8, 4) is 0 Å². The first-order valence-electron chi connectivity index (χ1n) is 7.85. The molecule has 20 heavy (non-hydrogen) atoms. The minimum absolute atomic E-state index is 0.433. The van der Waals surface area contributed by atoms with E-state index >= 15 is 0 Å². The van der Waals surface area contributed by atoms with Gasteiger partial charge in [-0.2, -0.15) is 0 Å². The van der Waals surface area contributed by atoms with Crippen LogP contribution in [0, 0.1) is 0 Å². The SMILES string of the molecule is CC1CCC(CC(CNC2CC2)c2ccccc2Br)O1. The average Bonchev–Trinajstić information content (AvgIpc) is 3.18. The second-order valence-electron chi connectivity index (χ2n) is 6.28. The summed E-state index contributed by atoms with van der Waals surface area (Å²) in [6, 6.07) is 9.40. The Morgan fingerprint density at radius 1 is 1.25 bits per heavy atom. The first kappa shape index (κ1) is 14.6. The summed E-state index contributed by atoms with van der Waals surface area (Å²) in [6.07, 6.45) is 7.13. The van der Waals surface area contributed by atoms with Crippen LogP contribution in [0.5, 0.6) is 0 Å². The van der Waals surface area contributed by atoms with Gasteiger partial charge in [-0.15, -0.1) is 0 Å². The highest BCUT2D eigenvalue weighted by Gasteiger charge is 2.28. The maximum atomic E-state index is 6.03. The van der Waals surface area contributed by atoms with Gasteiger partial charge in [0.05, 0.1) is 12.2 Å². The largest absolute Gasteiger partial charge is 0.375 e. The van der Waals surface area contributed by atoms with E-state index in [4.69, 9.17) is 4.74 Å². The summed E-state index contributed by atoms with van der Waals surface area (Å²) in [4.78, 5) is 0. The fourth-order valence-electron chi connectivity index (χ4n) is 3.10. The molecular weight excluding hydrogens is 314 g/mol. The predicted octanol–water partition coefficient (Wildman–Crippen LogP) is 4.24. The summed E-state index contributed by atoms with van der Waals surface area (Å²) in [5.41, 5.74) is 1.42. The molecule has 3 heteroatoms. The first-order chi connectivity index (χ1) is 9.72. The lowest BCUT2D eigenvalue weighted by Gasteiger charge is -2.23. The van der Waals surface area contributed by atoms with Crippen molar-refractivity contribution in [1.82, 2.24) is 5.32 Å². The highest BCUT2D eigenvalue weighted by atomic mass is 79.9. The number of halogens is 1. The molecule has 1 aromatic rings. The molecule has 1 saturated heterocycles. The van der Waals surface area contributed by atoms with E-state index < -0.39 is 0 Å². The normalized spacial score (nSPS) is 27.7. The number of nitrogens with one attached hydrogen (secondary N) is 1. The number of benzene rings is 1. The third-order valence-electron chi connectivity index (χ3n) is 4.44. The van der Waals surface area contributed by atoms with E-state index in [1.165, 1.54) is 35.7 Å². The third-order valence-corrected chi connectivity index (χ3v) is 5.16. The van der Waals surface area contributed by atoms with Crippen molar-refractivity contribution in [2.75, 3.05) is 6.54 Å². The van der Waals surface area contributed by atoms with Crippen LogP contribution in [0.3, 0.4) is 0 Å². The van der Waals surface area contributed by atoms with Crippen LogP contribution >= 0.6 is 15.9 Å². The molecule has 0 radical (unpaired) electrons. The van der Waals surface area contributed by atoms with E-state index in [1.807, 2.05) is 0 Å². The van der Waals surface area contributed by atoms with E-state index in [2.05, 4.69) is 52.4 Å². The Balaban J connectivity index is 1.67. The Kier molecular flexibility index (Phi) is 4.79. The number of hydrogen-bond acceptors (Lipinski definition) is 2. The van der Waals surface area contributed by atoms with E-state index in [0.717, 1.165) is 19.0 Å². The van der Waals surface area contributed by atoms with E-state index in [9.17, 15) is 0 Å². The van der Waals surface area contributed by atoms with Crippen LogP contribution in [-0.2, 0) is 4.74 Å². The lowest BCUT2D eigenvalue weighted by Crippen LogP contribution is -2.26. The highest BCUT2D eigenvalue weighted by Crippen LogP contribution is 2.33. The van der Waals surface area contributed by atoms with Crippen LogP contribution in [0.4, 0.5) is 0 Å². The van der Waals surface area contributed by atoms with Gasteiger partial charge in [-0.05, 0) is 56.6 Å². The Labute approximate surface area is 130 Å². The Morgan fingerprint density at radius 3 is 2.70 bits per heavy atom. The van der Waals surface area contributed by atoms with Gasteiger partial charge in [0.2, 0.25) is 0 Å². The summed E-state index contributed by atoms with van der Waals surface area (Å²) >= 11 is 3.71. The van der Waals surface area contributed by atoms with Crippen LogP contribution < -0.4 is 5.32 Å². The van der Waals surface area contributed by atoms with Gasteiger partial charge >= 0.3 is 0 Å². The molecule has 0 spiro atoms. The molecule has 1 aliphatic heterocycles. The van der Waals surface area contributed by atoms with Gasteiger partial charge in [0.25, 0.3) is 0 Å². The quantitative estimate of drug-likeness (QED) is 0.838. The summed E-state index contributed by atoms with van der Waals surface area (Å²) in [5, 5.41) is 3.69. The fraction of sp³-hybridized carbons (Fsp3) is 0.647. The number of rotatable bonds is 6. The van der Waals surface area contributed by atoms with Crippen molar-refractivity contribution < 1.29 is 4.74 Å². The molecule has 1 heterocycles. The molecule has 1 aromatic carbocycles. The molecule has 0 amide bonds. The molecule has 110 valence electrons. The molecule has 2 aliphatic rings. The van der Waals surface area contributed by atoms with Gasteiger partial charge in [0.1, 0.15) is 0 Å². The zero-order valence-corrected chi connectivity index (χ0v) is 13.7. The van der Waals surface area contributed by atoms with Gasteiger partial charge in [0.15, 0.2) is 0 Å². The molecule has 3 rings (SSSR count). The van der Waals surface area contributed by atoms with Gasteiger partial charge in [-0.1, -0.05) is 34.1 Å². The van der Waals surface area contributed by atoms with Crippen LogP contribution in [0.15, 0.2) is 28.7 Å². The van der Waals surface area contributed by atoms with Crippen LogP contribution in [-0.4, -0.2) is 24.8 Å². The molecule has 1 saturated carbocycles. The number of hydrogen-bond donors (Lipinski definition) is 1. The van der Waals surface area contributed by atoms with E-state index in [0.29, 0.717) is 18.1 Å². The average molecular weight is 338 g/mol. The Hall–Kier alpha value is -0.380. The smallest absolute Gasteiger partial charge is 0.0586 e. The Morgan fingerprint density at radius 2 is 2.05 bits per heavy atom. The van der Waals surface area contributed by atoms with Crippen LogP contribution in [0.1, 0.15) is 50.5 Å². The minimum atomic E-state index is 0.433. The van der Waals surface area contributed by atoms with Crippen molar-refractivity contribution in [2.45, 2.75) is 63.2 Å². The van der Waals surface area contributed by atoms with Gasteiger partial charge in [-0.25, -0.2) is 0 Å². The van der Waals surface area contributed by atoms with E-state index in [-0.39, 0.29) is 0 Å². The number of ether oxygens (including phenoxy) is 1. The molecule has 3 atom stereocenters. The first-order valence-corrected chi connectivity index (χ1v) is 8.65. The molecule has 0 aromatic heterocycles. The summed E-state index contributed by atoms with van der Waals surface area (Å²) in [6.45, 7) is 3.26. The molecule has 1 aliphatic carbocycles. The standard InChI is InChI=1S/C17H24BrNO/c1-12-6-9-15(20-12)10-13(11-19-14-7-8-14)16-4-2-3-5-17(16)18/h2-5,12-15,19H,6-11H2,1H3. The van der Waals surface area contributed by atoms with Crippen LogP contribution in [0.25, 0.3) is 0 Å². The van der Waals surface area contributed by atoms with Crippen molar-refractivity contribution in [1.29, 1.82) is 0 Å². The molecule has 3 unspecified atom stereocenters. The highest BCUT2D eigenvalue weighted by molar-refractivity contribution is 9.10. The molecule has 2 fully saturated rings. The van der Waals surface area contributed by atoms with Gasteiger partial charge in [0, 0.05) is 17.1 Å². The summed E-state index contributed by atoms with van der Waals surface area (Å²) in [5.74, 6) is 0.543. The zero-order chi connectivity index (χ0) is 13.9. The maximum absolute atomic E-state index is 6.03.